The fraction of sp³-hybridized carbons (Fsp3) is 0.429. The molecule has 2 aromatic rings. The van der Waals surface area contributed by atoms with Gasteiger partial charge in [0.2, 0.25) is 0 Å². The molecule has 0 saturated heterocycles. The molecule has 0 heterocycles. The van der Waals surface area contributed by atoms with Gasteiger partial charge in [-0.15, -0.1) is 0 Å². The van der Waals surface area contributed by atoms with Gasteiger partial charge in [0.05, 0.1) is 13.2 Å². The van der Waals surface area contributed by atoms with Gasteiger partial charge < -0.3 is 19.5 Å². The van der Waals surface area contributed by atoms with E-state index in [0.717, 1.165) is 48.7 Å². The van der Waals surface area contributed by atoms with E-state index in [1.807, 2.05) is 30.3 Å². The second kappa shape index (κ2) is 10.7. The van der Waals surface area contributed by atoms with E-state index >= 15 is 0 Å². The Labute approximate surface area is 151 Å². The fourth-order valence-corrected chi connectivity index (χ4v) is 2.49. The first-order valence-corrected chi connectivity index (χ1v) is 8.85. The Balaban J connectivity index is 1.91. The Morgan fingerprint density at radius 1 is 1.00 bits per heavy atom. The molecular formula is C21H29NO3. The molecule has 4 nitrogen and oxygen atoms in total. The normalized spacial score (nSPS) is 10.9. The molecule has 0 spiro atoms. The van der Waals surface area contributed by atoms with Crippen LogP contribution in [0.5, 0.6) is 11.5 Å². The number of methoxy groups -OCH3 is 1. The van der Waals surface area contributed by atoms with Crippen molar-refractivity contribution >= 4 is 0 Å². The van der Waals surface area contributed by atoms with Crippen LogP contribution in [0.2, 0.25) is 0 Å². The summed E-state index contributed by atoms with van der Waals surface area (Å²) in [5, 5.41) is 3.45. The van der Waals surface area contributed by atoms with E-state index in [1.165, 1.54) is 0 Å². The molecule has 0 aliphatic heterocycles. The summed E-state index contributed by atoms with van der Waals surface area (Å²) in [7, 11) is 1.67. The zero-order valence-electron chi connectivity index (χ0n) is 15.5. The molecule has 25 heavy (non-hydrogen) atoms. The molecule has 1 N–H and O–H groups in total. The first-order valence-electron chi connectivity index (χ1n) is 8.85. The predicted molar refractivity (Wildman–Crippen MR) is 101 cm³/mol. The third kappa shape index (κ3) is 6.77. The van der Waals surface area contributed by atoms with Crippen LogP contribution in [-0.4, -0.2) is 26.4 Å². The smallest absolute Gasteiger partial charge is 0.166 e. The quantitative estimate of drug-likeness (QED) is 0.621. The van der Waals surface area contributed by atoms with Crippen molar-refractivity contribution in [3.8, 4) is 11.5 Å². The molecule has 0 aliphatic rings. The lowest BCUT2D eigenvalue weighted by molar-refractivity contribution is 0.0770. The standard InChI is InChI=1S/C21H29NO3/c1-17(2)24-14-8-13-22-15-19-11-7-12-20(23-3)21(19)25-16-18-9-5-4-6-10-18/h4-7,9-12,17,22H,8,13-16H2,1-3H3. The number of rotatable bonds is 11. The molecule has 0 bridgehead atoms. The highest BCUT2D eigenvalue weighted by Crippen LogP contribution is 2.31. The molecular weight excluding hydrogens is 314 g/mol. The maximum Gasteiger partial charge on any atom is 0.166 e. The zero-order valence-corrected chi connectivity index (χ0v) is 15.5. The van der Waals surface area contributed by atoms with Crippen molar-refractivity contribution in [1.29, 1.82) is 0 Å². The summed E-state index contributed by atoms with van der Waals surface area (Å²) in [4.78, 5) is 0. The van der Waals surface area contributed by atoms with Crippen LogP contribution in [0.4, 0.5) is 0 Å². The van der Waals surface area contributed by atoms with Gasteiger partial charge in [0, 0.05) is 18.7 Å². The van der Waals surface area contributed by atoms with Crippen LogP contribution in [-0.2, 0) is 17.9 Å². The molecule has 2 aromatic carbocycles. The van der Waals surface area contributed by atoms with Gasteiger partial charge in [-0.2, -0.15) is 0 Å². The van der Waals surface area contributed by atoms with E-state index < -0.39 is 0 Å². The van der Waals surface area contributed by atoms with E-state index in [9.17, 15) is 0 Å². The van der Waals surface area contributed by atoms with E-state index in [-0.39, 0.29) is 6.10 Å². The van der Waals surface area contributed by atoms with Crippen molar-refractivity contribution in [3.05, 3.63) is 59.7 Å². The van der Waals surface area contributed by atoms with Crippen LogP contribution in [0.1, 0.15) is 31.4 Å². The van der Waals surface area contributed by atoms with Crippen LogP contribution in [0, 0.1) is 0 Å². The second-order valence-corrected chi connectivity index (χ2v) is 6.17. The molecule has 0 fully saturated rings. The molecule has 0 amide bonds. The summed E-state index contributed by atoms with van der Waals surface area (Å²) >= 11 is 0. The average molecular weight is 343 g/mol. The molecule has 0 saturated carbocycles. The number of hydrogen-bond donors (Lipinski definition) is 1. The van der Waals surface area contributed by atoms with Crippen molar-refractivity contribution in [2.24, 2.45) is 0 Å². The van der Waals surface area contributed by atoms with Gasteiger partial charge in [-0.05, 0) is 38.4 Å². The van der Waals surface area contributed by atoms with E-state index in [0.29, 0.717) is 6.61 Å². The van der Waals surface area contributed by atoms with Crippen molar-refractivity contribution in [2.45, 2.75) is 39.5 Å². The van der Waals surface area contributed by atoms with E-state index in [4.69, 9.17) is 14.2 Å². The van der Waals surface area contributed by atoms with Crippen LogP contribution >= 0.6 is 0 Å². The summed E-state index contributed by atoms with van der Waals surface area (Å²) in [5.41, 5.74) is 2.23. The van der Waals surface area contributed by atoms with Crippen molar-refractivity contribution in [1.82, 2.24) is 5.32 Å². The number of ether oxygens (including phenoxy) is 3. The van der Waals surface area contributed by atoms with Crippen molar-refractivity contribution in [3.63, 3.8) is 0 Å². The van der Waals surface area contributed by atoms with Crippen molar-refractivity contribution in [2.75, 3.05) is 20.3 Å². The van der Waals surface area contributed by atoms with Gasteiger partial charge in [0.1, 0.15) is 6.61 Å². The first kappa shape index (κ1) is 19.3. The van der Waals surface area contributed by atoms with Gasteiger partial charge in [0.25, 0.3) is 0 Å². The van der Waals surface area contributed by atoms with E-state index in [1.54, 1.807) is 7.11 Å². The number of nitrogens with one attached hydrogen (secondary N) is 1. The molecule has 0 aromatic heterocycles. The van der Waals surface area contributed by atoms with E-state index in [2.05, 4.69) is 37.4 Å². The molecule has 0 radical (unpaired) electrons. The predicted octanol–water partition coefficient (Wildman–Crippen LogP) is 4.18. The lowest BCUT2D eigenvalue weighted by atomic mass is 10.1. The molecule has 4 heteroatoms. The number of hydrogen-bond acceptors (Lipinski definition) is 4. The van der Waals surface area contributed by atoms with Crippen LogP contribution < -0.4 is 14.8 Å². The maximum absolute atomic E-state index is 6.07. The minimum atomic E-state index is 0.288. The summed E-state index contributed by atoms with van der Waals surface area (Å²) in [5.74, 6) is 1.57. The SMILES string of the molecule is COc1cccc(CNCCCOC(C)C)c1OCc1ccccc1. The monoisotopic (exact) mass is 343 g/mol. The highest BCUT2D eigenvalue weighted by Gasteiger charge is 2.10. The Hall–Kier alpha value is -2.04. The van der Waals surface area contributed by atoms with Gasteiger partial charge >= 0.3 is 0 Å². The second-order valence-electron chi connectivity index (χ2n) is 6.17. The van der Waals surface area contributed by atoms with Gasteiger partial charge in [-0.3, -0.25) is 0 Å². The minimum absolute atomic E-state index is 0.288. The molecule has 0 atom stereocenters. The molecule has 136 valence electrons. The van der Waals surface area contributed by atoms with Crippen LogP contribution in [0.25, 0.3) is 0 Å². The molecule has 2 rings (SSSR count). The number of para-hydroxylation sites is 1. The molecule has 0 unspecified atom stereocenters. The largest absolute Gasteiger partial charge is 0.493 e. The minimum Gasteiger partial charge on any atom is -0.493 e. The first-order chi connectivity index (χ1) is 12.2. The lowest BCUT2D eigenvalue weighted by Gasteiger charge is -2.16. The van der Waals surface area contributed by atoms with Crippen molar-refractivity contribution < 1.29 is 14.2 Å². The summed E-state index contributed by atoms with van der Waals surface area (Å²) in [6, 6.07) is 16.1. The summed E-state index contributed by atoms with van der Waals surface area (Å²) in [6.45, 7) is 7.06. The fourth-order valence-electron chi connectivity index (χ4n) is 2.49. The number of benzene rings is 2. The lowest BCUT2D eigenvalue weighted by Crippen LogP contribution is -2.18. The molecule has 0 aliphatic carbocycles. The average Bonchev–Trinajstić information content (AvgIpc) is 2.63. The third-order valence-corrected chi connectivity index (χ3v) is 3.77. The van der Waals surface area contributed by atoms with Gasteiger partial charge in [-0.1, -0.05) is 42.5 Å². The summed E-state index contributed by atoms with van der Waals surface area (Å²) < 4.78 is 17.1. The van der Waals surface area contributed by atoms with Gasteiger partial charge in [0.15, 0.2) is 11.5 Å². The van der Waals surface area contributed by atoms with Gasteiger partial charge in [-0.25, -0.2) is 0 Å². The topological polar surface area (TPSA) is 39.7 Å². The Morgan fingerprint density at radius 2 is 1.80 bits per heavy atom. The van der Waals surface area contributed by atoms with Crippen LogP contribution in [0.3, 0.4) is 0 Å². The Kier molecular flexibility index (Phi) is 8.29. The summed E-state index contributed by atoms with van der Waals surface area (Å²) in [6.07, 6.45) is 1.28. The van der Waals surface area contributed by atoms with Crippen LogP contribution in [0.15, 0.2) is 48.5 Å². The highest BCUT2D eigenvalue weighted by atomic mass is 16.5. The third-order valence-electron chi connectivity index (χ3n) is 3.77. The zero-order chi connectivity index (χ0) is 17.9. The Bertz CT molecular complexity index is 614. The highest BCUT2D eigenvalue weighted by molar-refractivity contribution is 5.46. The Morgan fingerprint density at radius 3 is 2.52 bits per heavy atom. The maximum atomic E-state index is 6.07.